The van der Waals surface area contributed by atoms with Crippen molar-refractivity contribution >= 4 is 34.2 Å². The zero-order chi connectivity index (χ0) is 22.9. The Kier molecular flexibility index (Phi) is 5.77. The summed E-state index contributed by atoms with van der Waals surface area (Å²) in [7, 11) is 0. The van der Waals surface area contributed by atoms with Crippen LogP contribution in [-0.2, 0) is 11.3 Å². The molecule has 0 saturated carbocycles. The van der Waals surface area contributed by atoms with Crippen LogP contribution in [0.3, 0.4) is 0 Å². The van der Waals surface area contributed by atoms with Crippen LogP contribution in [0.1, 0.15) is 23.7 Å². The van der Waals surface area contributed by atoms with Crippen molar-refractivity contribution in [2.24, 2.45) is 0 Å². The van der Waals surface area contributed by atoms with Gasteiger partial charge in [-0.15, -0.1) is 0 Å². The van der Waals surface area contributed by atoms with Gasteiger partial charge in [0, 0.05) is 29.6 Å². The molecule has 0 radical (unpaired) electrons. The Morgan fingerprint density at radius 2 is 1.91 bits per heavy atom. The summed E-state index contributed by atoms with van der Waals surface area (Å²) in [5.41, 5.74) is 3.57. The molecule has 7 heteroatoms. The molecule has 3 aromatic carbocycles. The van der Waals surface area contributed by atoms with Crippen LogP contribution in [0.4, 0.5) is 10.1 Å². The van der Waals surface area contributed by atoms with Gasteiger partial charge in [0.2, 0.25) is 5.91 Å². The Morgan fingerprint density at radius 3 is 2.70 bits per heavy atom. The summed E-state index contributed by atoms with van der Waals surface area (Å²) in [4.78, 5) is 19.4. The van der Waals surface area contributed by atoms with Gasteiger partial charge in [-0.25, -0.2) is 9.37 Å². The van der Waals surface area contributed by atoms with E-state index in [9.17, 15) is 9.18 Å². The summed E-state index contributed by atoms with van der Waals surface area (Å²) in [6, 6.07) is 19.6. The Morgan fingerprint density at radius 1 is 1.12 bits per heavy atom. The van der Waals surface area contributed by atoms with Crippen LogP contribution in [0, 0.1) is 12.7 Å². The number of para-hydroxylation sites is 2. The number of halogens is 2. The minimum atomic E-state index is -0.320. The highest BCUT2D eigenvalue weighted by Crippen LogP contribution is 2.33. The average Bonchev–Trinajstić information content (AvgIpc) is 3.37. The van der Waals surface area contributed by atoms with Crippen LogP contribution < -0.4 is 9.64 Å². The molecule has 1 fully saturated rings. The summed E-state index contributed by atoms with van der Waals surface area (Å²) in [6.07, 6.45) is 0.359. The van der Waals surface area contributed by atoms with E-state index in [1.165, 1.54) is 12.1 Å². The van der Waals surface area contributed by atoms with E-state index in [2.05, 4.69) is 4.57 Å². The summed E-state index contributed by atoms with van der Waals surface area (Å²) in [6.45, 7) is 3.50. The Balaban J connectivity index is 1.39. The number of hydrogen-bond acceptors (Lipinski definition) is 3. The van der Waals surface area contributed by atoms with Crippen LogP contribution in [-0.4, -0.2) is 28.6 Å². The van der Waals surface area contributed by atoms with Gasteiger partial charge < -0.3 is 14.2 Å². The molecule has 0 aliphatic carbocycles. The molecule has 5 nitrogen and oxygen atoms in total. The predicted octanol–water partition coefficient (Wildman–Crippen LogP) is 5.74. The van der Waals surface area contributed by atoms with Gasteiger partial charge in [0.25, 0.3) is 0 Å². The third-order valence-electron chi connectivity index (χ3n) is 6.03. The second kappa shape index (κ2) is 8.87. The lowest BCUT2D eigenvalue weighted by atomic mass is 10.1. The molecule has 5 rings (SSSR count). The van der Waals surface area contributed by atoms with Crippen molar-refractivity contribution in [1.29, 1.82) is 0 Å². The summed E-state index contributed by atoms with van der Waals surface area (Å²) in [5, 5.41) is 0.710. The molecule has 1 saturated heterocycles. The standard InChI is InChI=1S/C26H23ClFN3O2/c1-17-14-21(10-11-22(17)27)33-13-12-30-24-5-3-2-4-23(24)29-26(30)18-15-25(32)31(16-18)20-8-6-19(28)7-9-20/h2-11,14,18H,12-13,15-16H2,1H3/t18-/m1/s1. The Labute approximate surface area is 196 Å². The summed E-state index contributed by atoms with van der Waals surface area (Å²) >= 11 is 6.11. The van der Waals surface area contributed by atoms with Crippen LogP contribution >= 0.6 is 11.6 Å². The molecule has 0 spiro atoms. The molecule has 1 aliphatic rings. The molecule has 0 unspecified atom stereocenters. The first kappa shape index (κ1) is 21.5. The van der Waals surface area contributed by atoms with Gasteiger partial charge in [-0.05, 0) is 67.1 Å². The van der Waals surface area contributed by atoms with Crippen molar-refractivity contribution in [3.8, 4) is 5.75 Å². The SMILES string of the molecule is Cc1cc(OCCn2c([C@@H]3CC(=O)N(c4ccc(F)cc4)C3)nc3ccccc32)ccc1Cl. The number of aryl methyl sites for hydroxylation is 1. The van der Waals surface area contributed by atoms with Crippen LogP contribution in [0.5, 0.6) is 5.75 Å². The molecule has 0 bridgehead atoms. The number of rotatable bonds is 6. The quantitative estimate of drug-likeness (QED) is 0.366. The molecule has 0 N–H and O–H groups in total. The second-order valence-electron chi connectivity index (χ2n) is 8.25. The number of hydrogen-bond donors (Lipinski definition) is 0. The maximum absolute atomic E-state index is 13.3. The van der Waals surface area contributed by atoms with Crippen molar-refractivity contribution in [3.63, 3.8) is 0 Å². The van der Waals surface area contributed by atoms with E-state index >= 15 is 0 Å². The fraction of sp³-hybridized carbons (Fsp3) is 0.231. The lowest BCUT2D eigenvalue weighted by molar-refractivity contribution is -0.117. The van der Waals surface area contributed by atoms with Gasteiger partial charge in [0.1, 0.15) is 24.0 Å². The highest BCUT2D eigenvalue weighted by atomic mass is 35.5. The first-order valence-corrected chi connectivity index (χ1v) is 11.3. The molecule has 2 heterocycles. The normalized spacial score (nSPS) is 16.0. The third-order valence-corrected chi connectivity index (χ3v) is 6.45. The smallest absolute Gasteiger partial charge is 0.227 e. The molecule has 1 aromatic heterocycles. The van der Waals surface area contributed by atoms with Crippen molar-refractivity contribution in [1.82, 2.24) is 9.55 Å². The minimum Gasteiger partial charge on any atom is -0.492 e. The van der Waals surface area contributed by atoms with Gasteiger partial charge in [-0.2, -0.15) is 0 Å². The number of fused-ring (bicyclic) bond motifs is 1. The third kappa shape index (κ3) is 4.31. The first-order valence-electron chi connectivity index (χ1n) is 10.9. The zero-order valence-electron chi connectivity index (χ0n) is 18.2. The number of carbonyl (C=O) groups excluding carboxylic acids is 1. The number of carbonyl (C=O) groups is 1. The van der Waals surface area contributed by atoms with E-state index in [0.717, 1.165) is 28.2 Å². The van der Waals surface area contributed by atoms with Crippen LogP contribution in [0.15, 0.2) is 66.7 Å². The van der Waals surface area contributed by atoms with E-state index in [-0.39, 0.29) is 17.6 Å². The van der Waals surface area contributed by atoms with E-state index < -0.39 is 0 Å². The maximum atomic E-state index is 13.3. The number of aromatic nitrogens is 2. The molecule has 1 amide bonds. The van der Waals surface area contributed by atoms with Crippen molar-refractivity contribution in [2.75, 3.05) is 18.1 Å². The number of nitrogens with zero attached hydrogens (tertiary/aromatic N) is 3. The number of anilines is 1. The molecule has 33 heavy (non-hydrogen) atoms. The second-order valence-corrected chi connectivity index (χ2v) is 8.66. The number of ether oxygens (including phenoxy) is 1. The highest BCUT2D eigenvalue weighted by Gasteiger charge is 2.34. The lowest BCUT2D eigenvalue weighted by Gasteiger charge is -2.17. The van der Waals surface area contributed by atoms with Crippen LogP contribution in [0.25, 0.3) is 11.0 Å². The van der Waals surface area contributed by atoms with Crippen molar-refractivity contribution in [3.05, 3.63) is 89.0 Å². The predicted molar refractivity (Wildman–Crippen MR) is 128 cm³/mol. The van der Waals surface area contributed by atoms with E-state index in [1.807, 2.05) is 49.4 Å². The topological polar surface area (TPSA) is 47.4 Å². The largest absolute Gasteiger partial charge is 0.492 e. The zero-order valence-corrected chi connectivity index (χ0v) is 18.9. The van der Waals surface area contributed by atoms with Gasteiger partial charge in [-0.3, -0.25) is 4.79 Å². The molecular weight excluding hydrogens is 441 g/mol. The number of benzene rings is 3. The average molecular weight is 464 g/mol. The van der Waals surface area contributed by atoms with E-state index in [0.29, 0.717) is 36.8 Å². The molecular formula is C26H23ClFN3O2. The van der Waals surface area contributed by atoms with Crippen LogP contribution in [0.2, 0.25) is 5.02 Å². The number of imidazole rings is 1. The lowest BCUT2D eigenvalue weighted by Crippen LogP contribution is -2.24. The molecule has 1 atom stereocenters. The summed E-state index contributed by atoms with van der Waals surface area (Å²) < 4.78 is 21.5. The van der Waals surface area contributed by atoms with Gasteiger partial charge in [0.05, 0.1) is 17.6 Å². The molecule has 168 valence electrons. The fourth-order valence-corrected chi connectivity index (χ4v) is 4.47. The highest BCUT2D eigenvalue weighted by molar-refractivity contribution is 6.31. The van der Waals surface area contributed by atoms with Crippen molar-refractivity contribution < 1.29 is 13.9 Å². The van der Waals surface area contributed by atoms with Gasteiger partial charge in [-0.1, -0.05) is 23.7 Å². The van der Waals surface area contributed by atoms with Gasteiger partial charge in [0.15, 0.2) is 0 Å². The van der Waals surface area contributed by atoms with E-state index in [1.54, 1.807) is 17.0 Å². The fourth-order valence-electron chi connectivity index (χ4n) is 4.35. The number of amides is 1. The minimum absolute atomic E-state index is 0.0121. The first-order chi connectivity index (χ1) is 16.0. The Bertz CT molecular complexity index is 1320. The monoisotopic (exact) mass is 463 g/mol. The van der Waals surface area contributed by atoms with E-state index in [4.69, 9.17) is 21.3 Å². The summed E-state index contributed by atoms with van der Waals surface area (Å²) in [5.74, 6) is 1.26. The van der Waals surface area contributed by atoms with Crippen molar-refractivity contribution in [2.45, 2.75) is 25.8 Å². The Hall–Kier alpha value is -3.38. The molecule has 1 aliphatic heterocycles. The molecule has 4 aromatic rings. The maximum Gasteiger partial charge on any atom is 0.227 e. The van der Waals surface area contributed by atoms with Gasteiger partial charge >= 0.3 is 0 Å².